The van der Waals surface area contributed by atoms with Gasteiger partial charge in [-0.05, 0) is 72.1 Å². The van der Waals surface area contributed by atoms with Gasteiger partial charge in [-0.2, -0.15) is 0 Å². The number of hydrogen-bond donors (Lipinski definition) is 2. The highest BCUT2D eigenvalue weighted by molar-refractivity contribution is 9.10. The van der Waals surface area contributed by atoms with Gasteiger partial charge in [0.05, 0.1) is 30.0 Å². The molecule has 1 aliphatic rings. The molecule has 0 unspecified atom stereocenters. The Balaban J connectivity index is 1.78. The van der Waals surface area contributed by atoms with Crippen LogP contribution in [0.1, 0.15) is 32.8 Å². The van der Waals surface area contributed by atoms with E-state index in [1.807, 2.05) is 20.8 Å². The molecule has 186 valence electrons. The molecule has 0 saturated carbocycles. The number of benzene rings is 2. The Hall–Kier alpha value is -3.53. The molecule has 9 nitrogen and oxygen atoms in total. The van der Waals surface area contributed by atoms with Crippen molar-refractivity contribution in [1.82, 2.24) is 10.2 Å². The van der Waals surface area contributed by atoms with Crippen LogP contribution in [0.25, 0.3) is 6.08 Å². The molecule has 1 fully saturated rings. The molecule has 4 amide bonds. The molecule has 0 aliphatic carbocycles. The van der Waals surface area contributed by atoms with Crippen molar-refractivity contribution in [3.05, 3.63) is 52.1 Å². The molecular weight excluding hydrogens is 518 g/mol. The number of urea groups is 1. The quantitative estimate of drug-likeness (QED) is 0.334. The van der Waals surface area contributed by atoms with Crippen LogP contribution < -0.4 is 24.8 Å². The maximum absolute atomic E-state index is 12.9. The van der Waals surface area contributed by atoms with Crippen LogP contribution in [0.15, 0.2) is 46.6 Å². The van der Waals surface area contributed by atoms with Gasteiger partial charge in [-0.15, -0.1) is 0 Å². The molecular formula is C25H28BrN3O6. The first-order chi connectivity index (χ1) is 16.8. The van der Waals surface area contributed by atoms with Crippen LogP contribution in [0.3, 0.4) is 0 Å². The Morgan fingerprint density at radius 2 is 1.94 bits per heavy atom. The molecule has 3 rings (SSSR count). The second kappa shape index (κ2) is 11.7. The fraction of sp³-hybridized carbons (Fsp3) is 0.320. The molecule has 1 atom stereocenters. The van der Waals surface area contributed by atoms with Crippen molar-refractivity contribution >= 4 is 45.5 Å². The number of ether oxygens (including phenoxy) is 3. The maximum atomic E-state index is 12.9. The minimum absolute atomic E-state index is 0.0130. The van der Waals surface area contributed by atoms with Crippen LogP contribution in [0, 0.1) is 0 Å². The summed E-state index contributed by atoms with van der Waals surface area (Å²) in [6.07, 6.45) is 2.34. The number of carbonyl (C=O) groups is 3. The van der Waals surface area contributed by atoms with Crippen molar-refractivity contribution in [2.75, 3.05) is 25.6 Å². The highest BCUT2D eigenvalue weighted by atomic mass is 79.9. The van der Waals surface area contributed by atoms with Crippen LogP contribution in [-0.4, -0.2) is 49.1 Å². The molecule has 0 spiro atoms. The van der Waals surface area contributed by atoms with Crippen molar-refractivity contribution in [2.24, 2.45) is 0 Å². The van der Waals surface area contributed by atoms with Crippen molar-refractivity contribution in [2.45, 2.75) is 33.3 Å². The summed E-state index contributed by atoms with van der Waals surface area (Å²) < 4.78 is 17.6. The van der Waals surface area contributed by atoms with Crippen LogP contribution >= 0.6 is 15.9 Å². The third kappa shape index (κ3) is 6.33. The molecule has 1 heterocycles. The molecule has 10 heteroatoms. The molecule has 1 saturated heterocycles. The van der Waals surface area contributed by atoms with E-state index in [9.17, 15) is 14.4 Å². The van der Waals surface area contributed by atoms with Crippen molar-refractivity contribution in [3.63, 3.8) is 0 Å². The summed E-state index contributed by atoms with van der Waals surface area (Å²) in [6.45, 7) is 5.82. The van der Waals surface area contributed by atoms with Gasteiger partial charge in [-0.25, -0.2) is 9.69 Å². The number of methoxy groups -OCH3 is 1. The highest BCUT2D eigenvalue weighted by Crippen LogP contribution is 2.38. The minimum Gasteiger partial charge on any atom is -0.495 e. The lowest BCUT2D eigenvalue weighted by atomic mass is 10.1. The van der Waals surface area contributed by atoms with Crippen LogP contribution in [0.5, 0.6) is 17.2 Å². The summed E-state index contributed by atoms with van der Waals surface area (Å²) >= 11 is 3.51. The van der Waals surface area contributed by atoms with E-state index in [0.29, 0.717) is 39.6 Å². The molecule has 2 aromatic carbocycles. The molecule has 35 heavy (non-hydrogen) atoms. The standard InChI is InChI=1S/C25H28BrN3O6/c1-5-15(3)35-23-17(26)11-16(13-21(23)34-6-2)12-19-24(31)29(25(32)28-19)14-22(30)27-18-9-7-8-10-20(18)33-4/h7-13,15H,5-6,14H2,1-4H3,(H,27,30)(H,28,32)/b19-12+/t15-/m1/s1. The second-order valence-electron chi connectivity index (χ2n) is 7.73. The summed E-state index contributed by atoms with van der Waals surface area (Å²) in [6, 6.07) is 9.67. The van der Waals surface area contributed by atoms with E-state index in [4.69, 9.17) is 14.2 Å². The first-order valence-electron chi connectivity index (χ1n) is 11.2. The van der Waals surface area contributed by atoms with E-state index in [1.165, 1.54) is 13.2 Å². The summed E-state index contributed by atoms with van der Waals surface area (Å²) in [5.74, 6) is 0.403. The average Bonchev–Trinajstić information content (AvgIpc) is 3.08. The minimum atomic E-state index is -0.683. The van der Waals surface area contributed by atoms with Gasteiger partial charge in [0, 0.05) is 0 Å². The summed E-state index contributed by atoms with van der Waals surface area (Å²) in [5.41, 5.74) is 1.10. The zero-order chi connectivity index (χ0) is 25.5. The second-order valence-corrected chi connectivity index (χ2v) is 8.58. The number of halogens is 1. The number of nitrogens with one attached hydrogen (secondary N) is 2. The van der Waals surface area contributed by atoms with Gasteiger partial charge in [-0.1, -0.05) is 19.1 Å². The predicted octanol–water partition coefficient (Wildman–Crippen LogP) is 4.57. The molecule has 0 radical (unpaired) electrons. The lowest BCUT2D eigenvalue weighted by molar-refractivity contribution is -0.127. The maximum Gasteiger partial charge on any atom is 0.329 e. The topological polar surface area (TPSA) is 106 Å². The van der Waals surface area contributed by atoms with Crippen molar-refractivity contribution in [3.8, 4) is 17.2 Å². The number of rotatable bonds is 10. The zero-order valence-corrected chi connectivity index (χ0v) is 21.6. The van der Waals surface area contributed by atoms with Crippen LogP contribution in [-0.2, 0) is 9.59 Å². The lowest BCUT2D eigenvalue weighted by Crippen LogP contribution is -2.38. The van der Waals surface area contributed by atoms with Gasteiger partial charge in [-0.3, -0.25) is 9.59 Å². The lowest BCUT2D eigenvalue weighted by Gasteiger charge is -2.18. The van der Waals surface area contributed by atoms with Gasteiger partial charge in [0.1, 0.15) is 18.0 Å². The van der Waals surface area contributed by atoms with Crippen LogP contribution in [0.2, 0.25) is 0 Å². The smallest absolute Gasteiger partial charge is 0.329 e. The fourth-order valence-electron chi connectivity index (χ4n) is 3.30. The summed E-state index contributed by atoms with van der Waals surface area (Å²) in [5, 5.41) is 5.18. The Morgan fingerprint density at radius 1 is 1.20 bits per heavy atom. The Labute approximate surface area is 212 Å². The van der Waals surface area contributed by atoms with Crippen molar-refractivity contribution in [1.29, 1.82) is 0 Å². The van der Waals surface area contributed by atoms with Crippen molar-refractivity contribution < 1.29 is 28.6 Å². The van der Waals surface area contributed by atoms with E-state index in [-0.39, 0.29) is 11.8 Å². The van der Waals surface area contributed by atoms with E-state index in [1.54, 1.807) is 36.4 Å². The van der Waals surface area contributed by atoms with Gasteiger partial charge in [0.15, 0.2) is 11.5 Å². The largest absolute Gasteiger partial charge is 0.495 e. The summed E-state index contributed by atoms with van der Waals surface area (Å²) in [4.78, 5) is 38.7. The molecule has 2 aromatic rings. The number of para-hydroxylation sites is 2. The zero-order valence-electron chi connectivity index (χ0n) is 20.0. The number of carbonyl (C=O) groups excluding carboxylic acids is 3. The van der Waals surface area contributed by atoms with Gasteiger partial charge in [0.25, 0.3) is 5.91 Å². The SMILES string of the molecule is CCOc1cc(/C=C2/NC(=O)N(CC(=O)Nc3ccccc3OC)C2=O)cc(Br)c1O[C@H](C)CC. The molecule has 2 N–H and O–H groups in total. The van der Waals surface area contributed by atoms with E-state index >= 15 is 0 Å². The summed E-state index contributed by atoms with van der Waals surface area (Å²) in [7, 11) is 1.48. The first-order valence-corrected chi connectivity index (χ1v) is 12.0. The number of imide groups is 1. The predicted molar refractivity (Wildman–Crippen MR) is 136 cm³/mol. The van der Waals surface area contributed by atoms with E-state index in [2.05, 4.69) is 26.6 Å². The van der Waals surface area contributed by atoms with E-state index < -0.39 is 24.4 Å². The number of nitrogens with zero attached hydrogens (tertiary/aromatic N) is 1. The number of anilines is 1. The van der Waals surface area contributed by atoms with Gasteiger partial charge >= 0.3 is 6.03 Å². The highest BCUT2D eigenvalue weighted by Gasteiger charge is 2.35. The average molecular weight is 546 g/mol. The van der Waals surface area contributed by atoms with Gasteiger partial charge < -0.3 is 24.8 Å². The molecule has 1 aliphatic heterocycles. The Bertz CT molecular complexity index is 1150. The molecule has 0 aromatic heterocycles. The normalized spacial score (nSPS) is 15.1. The third-order valence-corrected chi connectivity index (χ3v) is 5.77. The third-order valence-electron chi connectivity index (χ3n) is 5.18. The first kappa shape index (κ1) is 26.1. The van der Waals surface area contributed by atoms with Gasteiger partial charge in [0.2, 0.25) is 5.91 Å². The fourth-order valence-corrected chi connectivity index (χ4v) is 3.85. The number of amides is 4. The van der Waals surface area contributed by atoms with Crippen LogP contribution in [0.4, 0.5) is 10.5 Å². The van der Waals surface area contributed by atoms with E-state index in [0.717, 1.165) is 11.3 Å². The Kier molecular flexibility index (Phi) is 8.75. The number of hydrogen-bond acceptors (Lipinski definition) is 6. The Morgan fingerprint density at radius 3 is 2.63 bits per heavy atom. The molecule has 0 bridgehead atoms. The monoisotopic (exact) mass is 545 g/mol.